The van der Waals surface area contributed by atoms with E-state index in [-0.39, 0.29) is 5.04 Å². The van der Waals surface area contributed by atoms with E-state index >= 15 is 0 Å². The Bertz CT molecular complexity index is 353. The molecular weight excluding hydrogens is 280 g/mol. The number of hydrogen-bond acceptors (Lipinski definition) is 6. The highest BCUT2D eigenvalue weighted by atomic mass is 28.4. The van der Waals surface area contributed by atoms with Crippen LogP contribution in [0, 0.1) is 0 Å². The molecule has 6 atom stereocenters. The second kappa shape index (κ2) is 5.31. The van der Waals surface area contributed by atoms with Gasteiger partial charge < -0.3 is 29.2 Å². The van der Waals surface area contributed by atoms with Crippen LogP contribution >= 0.6 is 0 Å². The molecule has 0 unspecified atom stereocenters. The second-order valence-electron chi connectivity index (χ2n) is 7.19. The molecule has 2 rings (SSSR count). The van der Waals surface area contributed by atoms with Gasteiger partial charge in [0, 0.05) is 0 Å². The van der Waals surface area contributed by atoms with Crippen molar-refractivity contribution in [3.63, 3.8) is 0 Å². The zero-order chi connectivity index (χ0) is 15.3. The van der Waals surface area contributed by atoms with Crippen molar-refractivity contribution in [1.29, 1.82) is 0 Å². The van der Waals surface area contributed by atoms with Gasteiger partial charge in [-0.1, -0.05) is 20.8 Å². The lowest BCUT2D eigenvalue weighted by atomic mass is 9.98. The first kappa shape index (κ1) is 16.3. The van der Waals surface area contributed by atoms with Crippen LogP contribution in [0.15, 0.2) is 0 Å². The van der Waals surface area contributed by atoms with E-state index < -0.39 is 45.1 Å². The number of aliphatic hydroxyl groups excluding tert-OH is 3. The number of ether oxygens (including phenoxy) is 2. The lowest BCUT2D eigenvalue weighted by Gasteiger charge is -2.37. The van der Waals surface area contributed by atoms with Crippen molar-refractivity contribution in [1.82, 2.24) is 0 Å². The molecule has 0 saturated carbocycles. The van der Waals surface area contributed by atoms with Crippen molar-refractivity contribution in [3.05, 3.63) is 0 Å². The van der Waals surface area contributed by atoms with E-state index in [1.165, 1.54) is 0 Å². The van der Waals surface area contributed by atoms with Crippen molar-refractivity contribution in [2.75, 3.05) is 6.61 Å². The third kappa shape index (κ3) is 2.81. The fraction of sp³-hybridized carbons (Fsp3) is 1.00. The van der Waals surface area contributed by atoms with Crippen molar-refractivity contribution >= 4 is 8.32 Å². The molecule has 0 aromatic rings. The highest BCUT2D eigenvalue weighted by Gasteiger charge is 2.54. The molecule has 2 bridgehead atoms. The van der Waals surface area contributed by atoms with Crippen LogP contribution in [-0.2, 0) is 13.9 Å². The monoisotopic (exact) mass is 306 g/mol. The molecule has 7 heteroatoms. The molecule has 118 valence electrons. The van der Waals surface area contributed by atoms with Crippen LogP contribution in [0.1, 0.15) is 20.8 Å². The highest BCUT2D eigenvalue weighted by molar-refractivity contribution is 6.74. The van der Waals surface area contributed by atoms with E-state index in [9.17, 15) is 15.3 Å². The van der Waals surface area contributed by atoms with Crippen molar-refractivity contribution in [2.24, 2.45) is 0 Å². The van der Waals surface area contributed by atoms with Gasteiger partial charge in [-0.15, -0.1) is 0 Å². The number of rotatable bonds is 3. The highest BCUT2D eigenvalue weighted by Crippen LogP contribution is 2.38. The molecule has 0 amide bonds. The van der Waals surface area contributed by atoms with E-state index in [0.29, 0.717) is 6.61 Å². The van der Waals surface area contributed by atoms with E-state index in [0.717, 1.165) is 0 Å². The lowest BCUT2D eigenvalue weighted by molar-refractivity contribution is -0.228. The molecular formula is C13H26O6Si. The molecule has 2 aliphatic rings. The van der Waals surface area contributed by atoms with Gasteiger partial charge in [0.1, 0.15) is 30.5 Å². The largest absolute Gasteiger partial charge is 0.414 e. The van der Waals surface area contributed by atoms with E-state index in [4.69, 9.17) is 13.9 Å². The van der Waals surface area contributed by atoms with E-state index in [2.05, 4.69) is 33.9 Å². The Balaban J connectivity index is 1.99. The minimum absolute atomic E-state index is 0.0825. The standard InChI is InChI=1S/C13H26O6Si/c1-13(2,3)20(4,5)17-6-7-11-9(15)8(14)10(16)12(18-7)19-11/h7-12,14-16H,6H2,1-5H3/t7-,8-,9+,10+,11+,12+/m0/s1. The van der Waals surface area contributed by atoms with Gasteiger partial charge in [-0.3, -0.25) is 0 Å². The van der Waals surface area contributed by atoms with Crippen LogP contribution in [0.5, 0.6) is 0 Å². The van der Waals surface area contributed by atoms with Crippen molar-refractivity contribution in [2.45, 2.75) is 75.7 Å². The summed E-state index contributed by atoms with van der Waals surface area (Å²) >= 11 is 0. The second-order valence-corrected chi connectivity index (χ2v) is 12.0. The van der Waals surface area contributed by atoms with Gasteiger partial charge in [-0.05, 0) is 18.1 Å². The summed E-state index contributed by atoms with van der Waals surface area (Å²) in [5, 5.41) is 29.4. The number of aliphatic hydroxyl groups is 3. The molecule has 2 fully saturated rings. The van der Waals surface area contributed by atoms with Crippen LogP contribution in [0.25, 0.3) is 0 Å². The molecule has 3 N–H and O–H groups in total. The Kier molecular flexibility index (Phi) is 4.34. The van der Waals surface area contributed by atoms with Crippen LogP contribution in [0.3, 0.4) is 0 Å². The number of hydrogen-bond donors (Lipinski definition) is 3. The van der Waals surface area contributed by atoms with Gasteiger partial charge in [0.2, 0.25) is 0 Å². The van der Waals surface area contributed by atoms with Crippen LogP contribution in [0.2, 0.25) is 18.1 Å². The van der Waals surface area contributed by atoms with Gasteiger partial charge in [-0.25, -0.2) is 0 Å². The van der Waals surface area contributed by atoms with E-state index in [1.54, 1.807) is 0 Å². The Morgan fingerprint density at radius 2 is 1.60 bits per heavy atom. The molecule has 6 nitrogen and oxygen atoms in total. The Labute approximate surface area is 120 Å². The molecule has 0 radical (unpaired) electrons. The lowest BCUT2D eigenvalue weighted by Crippen LogP contribution is -2.55. The van der Waals surface area contributed by atoms with Gasteiger partial charge in [0.05, 0.1) is 6.61 Å². The minimum Gasteiger partial charge on any atom is -0.414 e. The van der Waals surface area contributed by atoms with Crippen molar-refractivity contribution < 1.29 is 29.2 Å². The molecule has 20 heavy (non-hydrogen) atoms. The summed E-state index contributed by atoms with van der Waals surface area (Å²) in [5.41, 5.74) is 0. The summed E-state index contributed by atoms with van der Waals surface area (Å²) < 4.78 is 17.0. The minimum atomic E-state index is -1.91. The zero-order valence-electron chi connectivity index (χ0n) is 12.7. The predicted octanol–water partition coefficient (Wildman–Crippen LogP) is 0.215. The third-order valence-corrected chi connectivity index (χ3v) is 9.20. The third-order valence-electron chi connectivity index (χ3n) is 4.70. The zero-order valence-corrected chi connectivity index (χ0v) is 13.7. The van der Waals surface area contributed by atoms with E-state index in [1.807, 2.05) is 0 Å². The summed E-state index contributed by atoms with van der Waals surface area (Å²) in [5.74, 6) is 0. The topological polar surface area (TPSA) is 88.4 Å². The average Bonchev–Trinajstić information content (AvgIpc) is 2.72. The Morgan fingerprint density at radius 1 is 1.00 bits per heavy atom. The fourth-order valence-electron chi connectivity index (χ4n) is 2.18. The molecule has 0 aliphatic carbocycles. The smallest absolute Gasteiger partial charge is 0.192 e. The summed E-state index contributed by atoms with van der Waals surface area (Å²) in [6, 6.07) is 0. The molecule has 0 spiro atoms. The van der Waals surface area contributed by atoms with Gasteiger partial charge in [0.15, 0.2) is 14.6 Å². The predicted molar refractivity (Wildman–Crippen MR) is 74.7 cm³/mol. The summed E-state index contributed by atoms with van der Waals surface area (Å²) in [6.45, 7) is 11.0. The average molecular weight is 306 g/mol. The Hall–Kier alpha value is -0.0231. The first-order valence-corrected chi connectivity index (χ1v) is 9.94. The Morgan fingerprint density at radius 3 is 2.15 bits per heavy atom. The molecule has 2 heterocycles. The quantitative estimate of drug-likeness (QED) is 0.646. The van der Waals surface area contributed by atoms with Gasteiger partial charge >= 0.3 is 0 Å². The van der Waals surface area contributed by atoms with Crippen LogP contribution < -0.4 is 0 Å². The SMILES string of the molecule is CC(C)(C)[Si](C)(C)OC[C@@H]1O[C@@H]2O[C@H]1[C@H](O)[C@H](O)[C@H]2O. The molecule has 2 saturated heterocycles. The summed E-state index contributed by atoms with van der Waals surface area (Å²) in [4.78, 5) is 0. The maximum atomic E-state index is 9.94. The van der Waals surface area contributed by atoms with Crippen LogP contribution in [0.4, 0.5) is 0 Å². The fourth-order valence-corrected chi connectivity index (χ4v) is 3.20. The first-order chi connectivity index (χ1) is 9.04. The van der Waals surface area contributed by atoms with Gasteiger partial charge in [0.25, 0.3) is 0 Å². The molecule has 0 aromatic carbocycles. The number of fused-ring (bicyclic) bond motifs is 2. The first-order valence-electron chi connectivity index (χ1n) is 7.04. The maximum absolute atomic E-state index is 9.94. The molecule has 0 aromatic heterocycles. The normalized spacial score (nSPS) is 42.0. The summed E-state index contributed by atoms with van der Waals surface area (Å²) in [6.07, 6.45) is -5.61. The van der Waals surface area contributed by atoms with Crippen LogP contribution in [-0.4, -0.2) is 67.1 Å². The molecule has 2 aliphatic heterocycles. The van der Waals surface area contributed by atoms with Gasteiger partial charge in [-0.2, -0.15) is 0 Å². The summed E-state index contributed by atoms with van der Waals surface area (Å²) in [7, 11) is -1.91. The van der Waals surface area contributed by atoms with Crippen molar-refractivity contribution in [3.8, 4) is 0 Å². The maximum Gasteiger partial charge on any atom is 0.192 e.